The second kappa shape index (κ2) is 4.11. The Morgan fingerprint density at radius 1 is 1.64 bits per heavy atom. The Labute approximate surface area is 84.1 Å². The number of aromatic nitrogens is 2. The molecular formula is C10H17N3O. The summed E-state index contributed by atoms with van der Waals surface area (Å²) in [6, 6.07) is 0.357. The fourth-order valence-electron chi connectivity index (χ4n) is 2.10. The lowest BCUT2D eigenvalue weighted by atomic mass is 10.2. The summed E-state index contributed by atoms with van der Waals surface area (Å²) in [5.74, 6) is 0. The number of rotatable bonds is 3. The van der Waals surface area contributed by atoms with Crippen molar-refractivity contribution in [1.29, 1.82) is 0 Å². The van der Waals surface area contributed by atoms with Crippen molar-refractivity contribution in [3.8, 4) is 0 Å². The van der Waals surface area contributed by atoms with Crippen LogP contribution in [0, 0.1) is 0 Å². The van der Waals surface area contributed by atoms with Gasteiger partial charge in [-0.3, -0.25) is 9.58 Å². The molecule has 14 heavy (non-hydrogen) atoms. The Morgan fingerprint density at radius 3 is 3.14 bits per heavy atom. The van der Waals surface area contributed by atoms with E-state index in [2.05, 4.69) is 10.00 Å². The highest BCUT2D eigenvalue weighted by molar-refractivity contribution is 5.04. The maximum atomic E-state index is 9.16. The van der Waals surface area contributed by atoms with E-state index in [0.717, 1.165) is 19.5 Å². The van der Waals surface area contributed by atoms with Crippen molar-refractivity contribution in [2.24, 2.45) is 7.05 Å². The second-order valence-corrected chi connectivity index (χ2v) is 3.97. The minimum atomic E-state index is 0.278. The van der Waals surface area contributed by atoms with Gasteiger partial charge in [0.15, 0.2) is 0 Å². The highest BCUT2D eigenvalue weighted by Gasteiger charge is 2.23. The summed E-state index contributed by atoms with van der Waals surface area (Å²) in [4.78, 5) is 2.33. The summed E-state index contributed by atoms with van der Waals surface area (Å²) in [5, 5.41) is 13.3. The molecule has 1 fully saturated rings. The quantitative estimate of drug-likeness (QED) is 0.758. The molecule has 1 saturated heterocycles. The van der Waals surface area contributed by atoms with Crippen LogP contribution in [0.3, 0.4) is 0 Å². The number of aliphatic hydroxyl groups is 1. The van der Waals surface area contributed by atoms with Crippen LogP contribution in [0.5, 0.6) is 0 Å². The average Bonchev–Trinajstić information content (AvgIpc) is 2.76. The van der Waals surface area contributed by atoms with E-state index in [9.17, 15) is 0 Å². The molecule has 78 valence electrons. The average molecular weight is 195 g/mol. The van der Waals surface area contributed by atoms with Gasteiger partial charge in [-0.2, -0.15) is 5.10 Å². The molecular weight excluding hydrogens is 178 g/mol. The zero-order chi connectivity index (χ0) is 9.97. The zero-order valence-corrected chi connectivity index (χ0v) is 8.56. The summed E-state index contributed by atoms with van der Waals surface area (Å²) in [6.45, 7) is 2.29. The van der Waals surface area contributed by atoms with Gasteiger partial charge in [-0.1, -0.05) is 0 Å². The molecule has 0 spiro atoms. The van der Waals surface area contributed by atoms with Gasteiger partial charge in [-0.25, -0.2) is 0 Å². The number of nitrogens with zero attached hydrogens (tertiary/aromatic N) is 3. The first-order chi connectivity index (χ1) is 6.79. The molecule has 1 N–H and O–H groups in total. The number of aliphatic hydroxyl groups excluding tert-OH is 1. The third-order valence-corrected chi connectivity index (χ3v) is 2.85. The van der Waals surface area contributed by atoms with E-state index < -0.39 is 0 Å². The molecule has 0 radical (unpaired) electrons. The normalized spacial score (nSPS) is 23.1. The van der Waals surface area contributed by atoms with Crippen molar-refractivity contribution in [3.63, 3.8) is 0 Å². The molecule has 0 aromatic carbocycles. The first kappa shape index (κ1) is 9.68. The van der Waals surface area contributed by atoms with Crippen LogP contribution in [0.4, 0.5) is 0 Å². The maximum absolute atomic E-state index is 9.16. The molecule has 1 atom stereocenters. The van der Waals surface area contributed by atoms with Crippen LogP contribution in [0.25, 0.3) is 0 Å². The number of hydrogen-bond acceptors (Lipinski definition) is 3. The Hall–Kier alpha value is -0.870. The molecule has 2 heterocycles. The van der Waals surface area contributed by atoms with Crippen molar-refractivity contribution in [3.05, 3.63) is 18.0 Å². The summed E-state index contributed by atoms with van der Waals surface area (Å²) in [6.07, 6.45) is 6.25. The van der Waals surface area contributed by atoms with Gasteiger partial charge in [0.25, 0.3) is 0 Å². The number of aryl methyl sites for hydroxylation is 1. The number of hydrogen-bond donors (Lipinski definition) is 1. The van der Waals surface area contributed by atoms with Gasteiger partial charge >= 0.3 is 0 Å². The number of likely N-dealkylation sites (tertiary alicyclic amines) is 1. The Morgan fingerprint density at radius 2 is 2.50 bits per heavy atom. The predicted octanol–water partition coefficient (Wildman–Crippen LogP) is 0.377. The second-order valence-electron chi connectivity index (χ2n) is 3.97. The van der Waals surface area contributed by atoms with Gasteiger partial charge in [0.05, 0.1) is 12.8 Å². The molecule has 1 aliphatic heterocycles. The van der Waals surface area contributed by atoms with E-state index >= 15 is 0 Å². The van der Waals surface area contributed by atoms with Crippen LogP contribution in [0.1, 0.15) is 18.4 Å². The largest absolute Gasteiger partial charge is 0.395 e. The molecule has 0 bridgehead atoms. The first-order valence-corrected chi connectivity index (χ1v) is 5.12. The molecule has 0 unspecified atom stereocenters. The fourth-order valence-corrected chi connectivity index (χ4v) is 2.10. The predicted molar refractivity (Wildman–Crippen MR) is 53.7 cm³/mol. The van der Waals surface area contributed by atoms with Crippen LogP contribution >= 0.6 is 0 Å². The van der Waals surface area contributed by atoms with E-state index in [-0.39, 0.29) is 6.61 Å². The van der Waals surface area contributed by atoms with Crippen molar-refractivity contribution in [2.75, 3.05) is 13.2 Å². The van der Waals surface area contributed by atoms with Crippen molar-refractivity contribution in [1.82, 2.24) is 14.7 Å². The highest BCUT2D eigenvalue weighted by atomic mass is 16.3. The third-order valence-electron chi connectivity index (χ3n) is 2.85. The third kappa shape index (κ3) is 1.96. The summed E-state index contributed by atoms with van der Waals surface area (Å²) in [5.41, 5.74) is 1.23. The van der Waals surface area contributed by atoms with Crippen LogP contribution in [0.2, 0.25) is 0 Å². The van der Waals surface area contributed by atoms with Crippen molar-refractivity contribution < 1.29 is 5.11 Å². The van der Waals surface area contributed by atoms with E-state index in [1.54, 1.807) is 0 Å². The Kier molecular flexibility index (Phi) is 2.84. The lowest BCUT2D eigenvalue weighted by Crippen LogP contribution is -2.31. The summed E-state index contributed by atoms with van der Waals surface area (Å²) in [7, 11) is 1.93. The van der Waals surface area contributed by atoms with Gasteiger partial charge < -0.3 is 5.11 Å². The molecule has 4 nitrogen and oxygen atoms in total. The van der Waals surface area contributed by atoms with E-state index in [1.807, 2.05) is 24.1 Å². The lowest BCUT2D eigenvalue weighted by Gasteiger charge is -2.21. The topological polar surface area (TPSA) is 41.3 Å². The highest BCUT2D eigenvalue weighted by Crippen LogP contribution is 2.19. The Balaban J connectivity index is 1.96. The molecule has 0 amide bonds. The van der Waals surface area contributed by atoms with Gasteiger partial charge in [0.2, 0.25) is 0 Å². The van der Waals surface area contributed by atoms with Crippen LogP contribution < -0.4 is 0 Å². The van der Waals surface area contributed by atoms with Gasteiger partial charge in [0.1, 0.15) is 0 Å². The van der Waals surface area contributed by atoms with Crippen molar-refractivity contribution >= 4 is 0 Å². The summed E-state index contributed by atoms with van der Waals surface area (Å²) < 4.78 is 1.82. The minimum absolute atomic E-state index is 0.278. The van der Waals surface area contributed by atoms with Gasteiger partial charge in [-0.05, 0) is 19.4 Å². The van der Waals surface area contributed by atoms with Crippen LogP contribution in [-0.2, 0) is 13.6 Å². The van der Waals surface area contributed by atoms with E-state index in [4.69, 9.17) is 5.11 Å². The van der Waals surface area contributed by atoms with Crippen LogP contribution in [0.15, 0.2) is 12.4 Å². The van der Waals surface area contributed by atoms with Crippen LogP contribution in [-0.4, -0.2) is 39.0 Å². The monoisotopic (exact) mass is 195 g/mol. The molecule has 0 aliphatic carbocycles. The molecule has 2 rings (SSSR count). The maximum Gasteiger partial charge on any atom is 0.0587 e. The van der Waals surface area contributed by atoms with Crippen molar-refractivity contribution in [2.45, 2.75) is 25.4 Å². The van der Waals surface area contributed by atoms with Gasteiger partial charge in [0, 0.05) is 31.4 Å². The van der Waals surface area contributed by atoms with E-state index in [0.29, 0.717) is 6.04 Å². The molecule has 1 aromatic heterocycles. The molecule has 1 aromatic rings. The standard InChI is InChI=1S/C10H17N3O/c1-12-6-9(5-11-12)7-13-4-2-3-10(13)8-14/h5-6,10,14H,2-4,7-8H2,1H3/t10-/m1/s1. The lowest BCUT2D eigenvalue weighted by molar-refractivity contribution is 0.153. The smallest absolute Gasteiger partial charge is 0.0587 e. The molecule has 4 heteroatoms. The first-order valence-electron chi connectivity index (χ1n) is 5.12. The SMILES string of the molecule is Cn1cc(CN2CCC[C@@H]2CO)cn1. The fraction of sp³-hybridized carbons (Fsp3) is 0.700. The molecule has 1 aliphatic rings. The van der Waals surface area contributed by atoms with Gasteiger partial charge in [-0.15, -0.1) is 0 Å². The zero-order valence-electron chi connectivity index (χ0n) is 8.56. The Bertz CT molecular complexity index is 297. The van der Waals surface area contributed by atoms with E-state index in [1.165, 1.54) is 12.0 Å². The molecule has 0 saturated carbocycles. The summed E-state index contributed by atoms with van der Waals surface area (Å²) >= 11 is 0. The minimum Gasteiger partial charge on any atom is -0.395 e.